The van der Waals surface area contributed by atoms with Crippen LogP contribution in [0.4, 0.5) is 0 Å². The number of thiophene rings is 1. The van der Waals surface area contributed by atoms with Gasteiger partial charge >= 0.3 is 5.69 Å². The molecule has 0 saturated heterocycles. The normalized spacial score (nSPS) is 10.8. The number of rotatable bonds is 6. The molecule has 0 aliphatic rings. The maximum Gasteiger partial charge on any atom is 0.346 e. The Morgan fingerprint density at radius 2 is 2.19 bits per heavy atom. The first-order chi connectivity index (χ1) is 12.7. The van der Waals surface area contributed by atoms with Crippen molar-refractivity contribution in [1.82, 2.24) is 15.4 Å². The number of aromatic amines is 1. The zero-order valence-electron chi connectivity index (χ0n) is 13.9. The number of para-hydroxylation sites is 1. The van der Waals surface area contributed by atoms with Gasteiger partial charge in [0.05, 0.1) is 23.4 Å². The van der Waals surface area contributed by atoms with Crippen molar-refractivity contribution in [2.45, 2.75) is 6.92 Å². The average molecular weight is 368 g/mol. The summed E-state index contributed by atoms with van der Waals surface area (Å²) in [4.78, 5) is 31.1. The average Bonchev–Trinajstić information content (AvgIpc) is 3.17. The van der Waals surface area contributed by atoms with Gasteiger partial charge < -0.3 is 9.72 Å². The van der Waals surface area contributed by atoms with Crippen LogP contribution in [0.2, 0.25) is 0 Å². The third kappa shape index (κ3) is 4.22. The minimum atomic E-state index is -0.591. The fraction of sp³-hybridized carbons (Fsp3) is 0.111. The number of carbonyl (C=O) groups is 1. The van der Waals surface area contributed by atoms with Gasteiger partial charge in [0.1, 0.15) is 11.4 Å². The smallest absolute Gasteiger partial charge is 0.346 e. The summed E-state index contributed by atoms with van der Waals surface area (Å²) in [5.41, 5.74) is 3.05. The minimum Gasteiger partial charge on any atom is -0.493 e. The predicted octanol–water partition coefficient (Wildman–Crippen LogP) is 2.66. The molecule has 0 aliphatic heterocycles. The SMILES string of the molecule is CCOc1ccccc1/C=N/NC(=O)c1cc(-c2cccs2)[nH]c(=O)n1. The zero-order chi connectivity index (χ0) is 18.4. The fourth-order valence-electron chi connectivity index (χ4n) is 2.23. The molecule has 0 unspecified atom stereocenters. The van der Waals surface area contributed by atoms with E-state index >= 15 is 0 Å². The van der Waals surface area contributed by atoms with Gasteiger partial charge in [0.25, 0.3) is 5.91 Å². The summed E-state index contributed by atoms with van der Waals surface area (Å²) in [7, 11) is 0. The van der Waals surface area contributed by atoms with Crippen LogP contribution in [0.3, 0.4) is 0 Å². The van der Waals surface area contributed by atoms with E-state index in [1.807, 2.05) is 48.7 Å². The highest BCUT2D eigenvalue weighted by Gasteiger charge is 2.11. The highest BCUT2D eigenvalue weighted by molar-refractivity contribution is 7.13. The zero-order valence-corrected chi connectivity index (χ0v) is 14.7. The molecule has 3 aromatic rings. The van der Waals surface area contributed by atoms with Gasteiger partial charge in [-0.15, -0.1) is 11.3 Å². The Balaban J connectivity index is 1.76. The summed E-state index contributed by atoms with van der Waals surface area (Å²) in [6.45, 7) is 2.42. The highest BCUT2D eigenvalue weighted by Crippen LogP contribution is 2.21. The van der Waals surface area contributed by atoms with E-state index in [2.05, 4.69) is 20.5 Å². The van der Waals surface area contributed by atoms with Crippen molar-refractivity contribution >= 4 is 23.5 Å². The number of amides is 1. The molecule has 0 bridgehead atoms. The largest absolute Gasteiger partial charge is 0.493 e. The molecular formula is C18H16N4O3S. The first-order valence-electron chi connectivity index (χ1n) is 7.88. The molecule has 1 aromatic carbocycles. The number of carbonyl (C=O) groups excluding carboxylic acids is 1. The summed E-state index contributed by atoms with van der Waals surface area (Å²) in [5.74, 6) is 0.0984. The van der Waals surface area contributed by atoms with E-state index in [1.165, 1.54) is 23.6 Å². The molecule has 132 valence electrons. The summed E-state index contributed by atoms with van der Waals surface area (Å²) < 4.78 is 5.49. The van der Waals surface area contributed by atoms with Crippen LogP contribution in [0.5, 0.6) is 5.75 Å². The summed E-state index contributed by atoms with van der Waals surface area (Å²) in [6.07, 6.45) is 1.48. The van der Waals surface area contributed by atoms with Crippen molar-refractivity contribution in [3.05, 3.63) is 69.6 Å². The van der Waals surface area contributed by atoms with E-state index in [-0.39, 0.29) is 5.69 Å². The third-order valence-electron chi connectivity index (χ3n) is 3.35. The van der Waals surface area contributed by atoms with E-state index in [0.717, 1.165) is 10.4 Å². The number of hydrazone groups is 1. The van der Waals surface area contributed by atoms with Crippen LogP contribution in [-0.2, 0) is 0 Å². The van der Waals surface area contributed by atoms with Crippen LogP contribution in [0.15, 0.2) is 57.7 Å². The number of nitrogens with one attached hydrogen (secondary N) is 2. The molecule has 0 spiro atoms. The second-order valence-corrected chi connectivity index (χ2v) is 6.08. The lowest BCUT2D eigenvalue weighted by atomic mass is 10.2. The Morgan fingerprint density at radius 1 is 1.35 bits per heavy atom. The number of ether oxygens (including phenoxy) is 1. The molecule has 0 fully saturated rings. The molecule has 1 amide bonds. The van der Waals surface area contributed by atoms with E-state index in [4.69, 9.17) is 4.74 Å². The number of hydrogen-bond acceptors (Lipinski definition) is 6. The lowest BCUT2D eigenvalue weighted by Crippen LogP contribution is -2.24. The van der Waals surface area contributed by atoms with Crippen LogP contribution >= 0.6 is 11.3 Å². The summed E-state index contributed by atoms with van der Waals surface area (Å²) in [6, 6.07) is 12.6. The lowest BCUT2D eigenvalue weighted by molar-refractivity contribution is 0.0949. The molecule has 2 N–H and O–H groups in total. The van der Waals surface area contributed by atoms with Gasteiger partial charge in [-0.25, -0.2) is 10.2 Å². The number of nitrogens with zero attached hydrogens (tertiary/aromatic N) is 2. The van der Waals surface area contributed by atoms with Crippen molar-refractivity contribution in [3.63, 3.8) is 0 Å². The molecule has 7 nitrogen and oxygen atoms in total. The molecule has 0 aliphatic carbocycles. The van der Waals surface area contributed by atoms with Crippen molar-refractivity contribution in [2.24, 2.45) is 5.10 Å². The molecule has 0 radical (unpaired) electrons. The second kappa shape index (κ2) is 8.21. The van der Waals surface area contributed by atoms with E-state index in [1.54, 1.807) is 0 Å². The van der Waals surface area contributed by atoms with Crippen LogP contribution in [-0.4, -0.2) is 28.7 Å². The van der Waals surface area contributed by atoms with Crippen LogP contribution in [0, 0.1) is 0 Å². The Kier molecular flexibility index (Phi) is 5.55. The van der Waals surface area contributed by atoms with Gasteiger partial charge in [-0.2, -0.15) is 10.1 Å². The van der Waals surface area contributed by atoms with Gasteiger partial charge in [-0.05, 0) is 36.6 Å². The monoisotopic (exact) mass is 368 g/mol. The van der Waals surface area contributed by atoms with E-state index < -0.39 is 11.6 Å². The molecule has 0 atom stereocenters. The molecule has 26 heavy (non-hydrogen) atoms. The Labute approximate surface area is 153 Å². The van der Waals surface area contributed by atoms with Crippen molar-refractivity contribution in [3.8, 4) is 16.3 Å². The number of hydrogen-bond donors (Lipinski definition) is 2. The topological polar surface area (TPSA) is 96.4 Å². The van der Waals surface area contributed by atoms with Gasteiger partial charge in [0.15, 0.2) is 0 Å². The first-order valence-corrected chi connectivity index (χ1v) is 8.76. The van der Waals surface area contributed by atoms with E-state index in [0.29, 0.717) is 18.1 Å². The third-order valence-corrected chi connectivity index (χ3v) is 4.26. The maximum absolute atomic E-state index is 12.3. The van der Waals surface area contributed by atoms with Crippen molar-refractivity contribution < 1.29 is 9.53 Å². The highest BCUT2D eigenvalue weighted by atomic mass is 32.1. The Morgan fingerprint density at radius 3 is 2.96 bits per heavy atom. The molecule has 8 heteroatoms. The number of aromatic nitrogens is 2. The maximum atomic E-state index is 12.3. The quantitative estimate of drug-likeness (QED) is 0.516. The molecular weight excluding hydrogens is 352 g/mol. The van der Waals surface area contributed by atoms with Gasteiger partial charge in [-0.3, -0.25) is 4.79 Å². The number of benzene rings is 1. The summed E-state index contributed by atoms with van der Waals surface area (Å²) in [5, 5.41) is 5.81. The van der Waals surface area contributed by atoms with Gasteiger partial charge in [0.2, 0.25) is 0 Å². The Bertz CT molecular complexity index is 980. The Hall–Kier alpha value is -3.26. The fourth-order valence-corrected chi connectivity index (χ4v) is 2.93. The van der Waals surface area contributed by atoms with Gasteiger partial charge in [-0.1, -0.05) is 18.2 Å². The summed E-state index contributed by atoms with van der Waals surface area (Å²) >= 11 is 1.45. The van der Waals surface area contributed by atoms with E-state index in [9.17, 15) is 9.59 Å². The lowest BCUT2D eigenvalue weighted by Gasteiger charge is -2.06. The van der Waals surface area contributed by atoms with Crippen molar-refractivity contribution in [2.75, 3.05) is 6.61 Å². The predicted molar refractivity (Wildman–Crippen MR) is 101 cm³/mol. The molecule has 0 saturated carbocycles. The minimum absolute atomic E-state index is 0.00704. The van der Waals surface area contributed by atoms with Crippen LogP contribution < -0.4 is 15.9 Å². The molecule has 2 aromatic heterocycles. The first kappa shape index (κ1) is 17.6. The second-order valence-electron chi connectivity index (χ2n) is 5.13. The molecule has 3 rings (SSSR count). The van der Waals surface area contributed by atoms with Crippen LogP contribution in [0.25, 0.3) is 10.6 Å². The number of H-pyrrole nitrogens is 1. The molecule has 2 heterocycles. The van der Waals surface area contributed by atoms with Gasteiger partial charge in [0, 0.05) is 5.56 Å². The van der Waals surface area contributed by atoms with Crippen LogP contribution in [0.1, 0.15) is 23.0 Å². The standard InChI is InChI=1S/C18H16N4O3S/c1-2-25-15-7-4-3-6-12(15)11-19-22-17(23)14-10-13(20-18(24)21-14)16-8-5-9-26-16/h3-11H,2H2,1H3,(H,22,23)(H,20,21,24)/b19-11+. The van der Waals surface area contributed by atoms with Crippen molar-refractivity contribution in [1.29, 1.82) is 0 Å².